The summed E-state index contributed by atoms with van der Waals surface area (Å²) < 4.78 is 0. The molecule has 3 N–H and O–H groups in total. The van der Waals surface area contributed by atoms with Crippen molar-refractivity contribution in [2.24, 2.45) is 5.73 Å². The summed E-state index contributed by atoms with van der Waals surface area (Å²) >= 11 is 1.82. The molecule has 0 aliphatic carbocycles. The minimum atomic E-state index is 0.169. The second-order valence-corrected chi connectivity index (χ2v) is 6.91. The van der Waals surface area contributed by atoms with Crippen molar-refractivity contribution in [3.05, 3.63) is 22.4 Å². The van der Waals surface area contributed by atoms with Gasteiger partial charge < -0.3 is 16.0 Å². The minimum Gasteiger partial charge on any atom is -0.329 e. The summed E-state index contributed by atoms with van der Waals surface area (Å²) in [5.41, 5.74) is 6.27. The number of fused-ring (bicyclic) bond motifs is 2. The van der Waals surface area contributed by atoms with Gasteiger partial charge >= 0.3 is 0 Å². The number of rotatable bonds is 4. The lowest BCUT2D eigenvalue weighted by molar-refractivity contribution is 0.0936. The van der Waals surface area contributed by atoms with Gasteiger partial charge in [-0.3, -0.25) is 0 Å². The van der Waals surface area contributed by atoms with E-state index in [4.69, 9.17) is 5.73 Å². The van der Waals surface area contributed by atoms with Crippen LogP contribution in [-0.2, 0) is 6.54 Å². The Hall–Kier alpha value is -0.420. The van der Waals surface area contributed by atoms with Crippen LogP contribution in [0.2, 0.25) is 0 Å². The van der Waals surface area contributed by atoms with Crippen molar-refractivity contribution in [3.63, 3.8) is 0 Å². The largest absolute Gasteiger partial charge is 0.329 e. The first-order valence-electron chi connectivity index (χ1n) is 6.92. The molecule has 3 heterocycles. The fraction of sp³-hybridized carbons (Fsp3) is 0.714. The molecule has 0 aromatic carbocycles. The Morgan fingerprint density at radius 1 is 1.44 bits per heavy atom. The molecule has 100 valence electrons. The molecule has 2 unspecified atom stereocenters. The Morgan fingerprint density at radius 2 is 2.17 bits per heavy atom. The van der Waals surface area contributed by atoms with Gasteiger partial charge in [-0.15, -0.1) is 11.3 Å². The number of piperidine rings is 1. The lowest BCUT2D eigenvalue weighted by Gasteiger charge is -2.45. The molecule has 0 radical (unpaired) electrons. The molecule has 18 heavy (non-hydrogen) atoms. The van der Waals surface area contributed by atoms with Gasteiger partial charge in [-0.2, -0.15) is 0 Å². The van der Waals surface area contributed by atoms with Crippen LogP contribution in [0.5, 0.6) is 0 Å². The van der Waals surface area contributed by atoms with Crippen LogP contribution in [0.4, 0.5) is 0 Å². The molecule has 2 aliphatic heterocycles. The van der Waals surface area contributed by atoms with Crippen LogP contribution in [0.25, 0.3) is 0 Å². The molecule has 2 bridgehead atoms. The lowest BCUT2D eigenvalue weighted by Crippen LogP contribution is -2.60. The Morgan fingerprint density at radius 3 is 2.72 bits per heavy atom. The predicted molar refractivity (Wildman–Crippen MR) is 76.8 cm³/mol. The van der Waals surface area contributed by atoms with E-state index in [2.05, 4.69) is 34.8 Å². The van der Waals surface area contributed by atoms with Gasteiger partial charge in [0.05, 0.1) is 0 Å². The van der Waals surface area contributed by atoms with Crippen molar-refractivity contribution < 1.29 is 0 Å². The van der Waals surface area contributed by atoms with Gasteiger partial charge in [0.1, 0.15) is 0 Å². The normalized spacial score (nSPS) is 36.1. The maximum Gasteiger partial charge on any atom is 0.0337 e. The number of hydrogen-bond acceptors (Lipinski definition) is 4. The van der Waals surface area contributed by atoms with E-state index in [9.17, 15) is 0 Å². The minimum absolute atomic E-state index is 0.169. The highest BCUT2D eigenvalue weighted by Crippen LogP contribution is 2.39. The molecule has 4 heteroatoms. The molecule has 0 amide bonds. The third-order valence-corrected chi connectivity index (χ3v) is 5.72. The standard InChI is InChI=1S/C14H23N3S/c1-17-11-4-5-12(17)8-14(7-11,10-15)16-9-13-3-2-6-18-13/h2-3,6,11-12,16H,4-5,7-10,15H2,1H3. The zero-order valence-corrected chi connectivity index (χ0v) is 11.9. The number of nitrogens with two attached hydrogens (primary N) is 1. The van der Waals surface area contributed by atoms with E-state index in [-0.39, 0.29) is 5.54 Å². The first kappa shape index (κ1) is 12.6. The van der Waals surface area contributed by atoms with Crippen LogP contribution in [0.1, 0.15) is 30.6 Å². The quantitative estimate of drug-likeness (QED) is 0.872. The molecule has 0 spiro atoms. The second kappa shape index (κ2) is 4.93. The van der Waals surface area contributed by atoms with E-state index in [0.29, 0.717) is 0 Å². The second-order valence-electron chi connectivity index (χ2n) is 5.88. The van der Waals surface area contributed by atoms with Crippen molar-refractivity contribution in [1.82, 2.24) is 10.2 Å². The average molecular weight is 265 g/mol. The van der Waals surface area contributed by atoms with Crippen molar-refractivity contribution >= 4 is 11.3 Å². The van der Waals surface area contributed by atoms with Crippen molar-refractivity contribution in [1.29, 1.82) is 0 Å². The smallest absolute Gasteiger partial charge is 0.0337 e. The topological polar surface area (TPSA) is 41.3 Å². The SMILES string of the molecule is CN1C2CCC1CC(CN)(NCc1cccs1)C2. The molecule has 3 rings (SSSR count). The highest BCUT2D eigenvalue weighted by atomic mass is 32.1. The average Bonchev–Trinajstić information content (AvgIpc) is 2.96. The molecule has 1 aromatic rings. The van der Waals surface area contributed by atoms with Crippen molar-refractivity contribution in [2.45, 2.75) is 49.9 Å². The Balaban J connectivity index is 1.68. The predicted octanol–water partition coefficient (Wildman–Crippen LogP) is 1.79. The summed E-state index contributed by atoms with van der Waals surface area (Å²) in [6, 6.07) is 5.80. The number of hydrogen-bond donors (Lipinski definition) is 2. The summed E-state index contributed by atoms with van der Waals surface area (Å²) in [6.07, 6.45) is 5.12. The van der Waals surface area contributed by atoms with Crippen molar-refractivity contribution in [2.75, 3.05) is 13.6 Å². The van der Waals surface area contributed by atoms with Crippen LogP contribution >= 0.6 is 11.3 Å². The van der Waals surface area contributed by atoms with Crippen LogP contribution in [0, 0.1) is 0 Å². The summed E-state index contributed by atoms with van der Waals surface area (Å²) in [7, 11) is 2.28. The summed E-state index contributed by atoms with van der Waals surface area (Å²) in [4.78, 5) is 3.98. The fourth-order valence-electron chi connectivity index (χ4n) is 3.64. The van der Waals surface area contributed by atoms with E-state index in [1.807, 2.05) is 11.3 Å². The summed E-state index contributed by atoms with van der Waals surface area (Å²) in [5.74, 6) is 0. The van der Waals surface area contributed by atoms with Gasteiger partial charge in [0.25, 0.3) is 0 Å². The first-order valence-corrected chi connectivity index (χ1v) is 7.80. The summed E-state index contributed by atoms with van der Waals surface area (Å²) in [5, 5.41) is 5.91. The van der Waals surface area contributed by atoms with Gasteiger partial charge in [-0.1, -0.05) is 6.07 Å². The zero-order chi connectivity index (χ0) is 12.6. The van der Waals surface area contributed by atoms with Gasteiger partial charge in [0, 0.05) is 35.6 Å². The number of nitrogens with zero attached hydrogens (tertiary/aromatic N) is 1. The molecule has 2 fully saturated rings. The van der Waals surface area contributed by atoms with Crippen LogP contribution in [0.3, 0.4) is 0 Å². The van der Waals surface area contributed by atoms with Gasteiger partial charge in [0.15, 0.2) is 0 Å². The first-order chi connectivity index (χ1) is 8.72. The van der Waals surface area contributed by atoms with Crippen molar-refractivity contribution in [3.8, 4) is 0 Å². The lowest BCUT2D eigenvalue weighted by atomic mass is 9.83. The maximum atomic E-state index is 6.10. The van der Waals surface area contributed by atoms with E-state index < -0.39 is 0 Å². The highest BCUT2D eigenvalue weighted by Gasteiger charge is 2.45. The maximum absolute atomic E-state index is 6.10. The third kappa shape index (κ3) is 2.23. The highest BCUT2D eigenvalue weighted by molar-refractivity contribution is 7.09. The van der Waals surface area contributed by atoms with E-state index >= 15 is 0 Å². The Kier molecular flexibility index (Phi) is 3.45. The molecule has 2 saturated heterocycles. The van der Waals surface area contributed by atoms with Gasteiger partial charge in [-0.25, -0.2) is 0 Å². The molecule has 0 saturated carbocycles. The molecule has 1 aromatic heterocycles. The van der Waals surface area contributed by atoms with Crippen LogP contribution in [-0.4, -0.2) is 36.1 Å². The van der Waals surface area contributed by atoms with E-state index in [1.165, 1.54) is 30.6 Å². The number of nitrogens with one attached hydrogen (secondary N) is 1. The summed E-state index contributed by atoms with van der Waals surface area (Å²) in [6.45, 7) is 1.73. The molecule has 3 nitrogen and oxygen atoms in total. The van der Waals surface area contributed by atoms with Crippen LogP contribution in [0.15, 0.2) is 17.5 Å². The fourth-order valence-corrected chi connectivity index (χ4v) is 4.28. The van der Waals surface area contributed by atoms with E-state index in [1.54, 1.807) is 0 Å². The van der Waals surface area contributed by atoms with Gasteiger partial charge in [-0.05, 0) is 44.2 Å². The molecular weight excluding hydrogens is 242 g/mol. The monoisotopic (exact) mass is 265 g/mol. The Labute approximate surface area is 113 Å². The number of thiophene rings is 1. The Bertz CT molecular complexity index is 376. The zero-order valence-electron chi connectivity index (χ0n) is 11.1. The molecule has 2 aliphatic rings. The van der Waals surface area contributed by atoms with Crippen LogP contribution < -0.4 is 11.1 Å². The third-order valence-electron chi connectivity index (χ3n) is 4.85. The van der Waals surface area contributed by atoms with E-state index in [0.717, 1.165) is 25.2 Å². The molecule has 2 atom stereocenters. The molecular formula is C14H23N3S. The van der Waals surface area contributed by atoms with Gasteiger partial charge in [0.2, 0.25) is 0 Å².